The Labute approximate surface area is 146 Å². The third-order valence-electron chi connectivity index (χ3n) is 3.23. The van der Waals surface area contributed by atoms with Crippen LogP contribution in [0.1, 0.15) is 12.5 Å². The number of hydrogen-bond acceptors (Lipinski definition) is 5. The van der Waals surface area contributed by atoms with E-state index in [1.807, 2.05) is 30.3 Å². The molecule has 0 radical (unpaired) electrons. The van der Waals surface area contributed by atoms with Crippen LogP contribution in [0, 0.1) is 0 Å². The Kier molecular flexibility index (Phi) is 8.87. The molecule has 0 bridgehead atoms. The molecule has 0 aliphatic carbocycles. The molecule has 0 heterocycles. The molecule has 25 heavy (non-hydrogen) atoms. The molecule has 1 rings (SSSR count). The third-order valence-corrected chi connectivity index (χ3v) is 3.23. The Balaban J connectivity index is 2.66. The quantitative estimate of drug-likeness (QED) is 0.422. The molecule has 0 saturated heterocycles. The molecule has 0 aromatic heterocycles. The average Bonchev–Trinajstić information content (AvgIpc) is 2.58. The molecule has 0 saturated carbocycles. The van der Waals surface area contributed by atoms with Crippen molar-refractivity contribution in [2.75, 3.05) is 26.7 Å². The van der Waals surface area contributed by atoms with Crippen LogP contribution in [-0.4, -0.2) is 56.2 Å². The minimum atomic E-state index is -0.838. The van der Waals surface area contributed by atoms with Crippen molar-refractivity contribution in [3.8, 4) is 0 Å². The van der Waals surface area contributed by atoms with Crippen molar-refractivity contribution in [3.63, 3.8) is 0 Å². The summed E-state index contributed by atoms with van der Waals surface area (Å²) in [5, 5.41) is 10.2. The Morgan fingerprint density at radius 3 is 2.20 bits per heavy atom. The molecular weight excluding hydrogens is 324 g/mol. The predicted octanol–water partition coefficient (Wildman–Crippen LogP) is -1.25. The smallest absolute Gasteiger partial charge is 0.243 e. The number of carbonyl (C=O) groups excluding carboxylic acids is 4. The fourth-order valence-electron chi connectivity index (χ4n) is 2.04. The van der Waals surface area contributed by atoms with Gasteiger partial charge < -0.3 is 21.3 Å². The van der Waals surface area contributed by atoms with Crippen molar-refractivity contribution in [1.82, 2.24) is 21.3 Å². The molecule has 1 atom stereocenters. The fourth-order valence-corrected chi connectivity index (χ4v) is 2.04. The van der Waals surface area contributed by atoms with Crippen LogP contribution in [0.25, 0.3) is 0 Å². The van der Waals surface area contributed by atoms with E-state index >= 15 is 0 Å². The van der Waals surface area contributed by atoms with E-state index in [0.717, 1.165) is 5.56 Å². The molecule has 1 aromatic rings. The van der Waals surface area contributed by atoms with E-state index in [1.54, 1.807) is 7.05 Å². The van der Waals surface area contributed by atoms with Gasteiger partial charge in [0.2, 0.25) is 17.7 Å². The second kappa shape index (κ2) is 10.9. The van der Waals surface area contributed by atoms with Crippen molar-refractivity contribution in [2.45, 2.75) is 19.4 Å². The van der Waals surface area contributed by atoms with Crippen LogP contribution in [-0.2, 0) is 25.6 Å². The number of carbonyl (C=O) groups is 4. The van der Waals surface area contributed by atoms with Gasteiger partial charge in [-0.15, -0.1) is 0 Å². The van der Waals surface area contributed by atoms with E-state index in [2.05, 4.69) is 21.3 Å². The topological polar surface area (TPSA) is 116 Å². The fraction of sp³-hybridized carbons (Fsp3) is 0.412. The van der Waals surface area contributed by atoms with Crippen molar-refractivity contribution in [1.29, 1.82) is 0 Å². The summed E-state index contributed by atoms with van der Waals surface area (Å²) in [6.07, 6.45) is 0.279. The van der Waals surface area contributed by atoms with Crippen molar-refractivity contribution < 1.29 is 19.2 Å². The van der Waals surface area contributed by atoms with E-state index in [-0.39, 0.29) is 37.7 Å². The van der Waals surface area contributed by atoms with Gasteiger partial charge in [0.1, 0.15) is 11.8 Å². The van der Waals surface area contributed by atoms with Crippen LogP contribution >= 0.6 is 0 Å². The van der Waals surface area contributed by atoms with Gasteiger partial charge in [0, 0.05) is 6.42 Å². The van der Waals surface area contributed by atoms with E-state index in [9.17, 15) is 19.2 Å². The molecule has 3 amide bonds. The normalized spacial score (nSPS) is 11.3. The lowest BCUT2D eigenvalue weighted by molar-refractivity contribution is -0.130. The number of amides is 3. The molecule has 0 spiro atoms. The van der Waals surface area contributed by atoms with Gasteiger partial charge in [-0.3, -0.25) is 19.2 Å². The second-order valence-electron chi connectivity index (χ2n) is 5.54. The summed E-state index contributed by atoms with van der Waals surface area (Å²) in [5.41, 5.74) is 0.866. The highest BCUT2D eigenvalue weighted by Gasteiger charge is 2.21. The lowest BCUT2D eigenvalue weighted by Crippen LogP contribution is -2.51. The first kappa shape index (κ1) is 20.3. The summed E-state index contributed by atoms with van der Waals surface area (Å²) in [7, 11) is 1.62. The van der Waals surface area contributed by atoms with E-state index in [1.165, 1.54) is 6.92 Å². The standard InChI is InChI=1S/C17H24N4O4/c1-12(22)9-20-17(25)14(8-13-6-4-3-5-7-13)21-16(24)11-19-15(23)10-18-2/h3-7,14,18H,8-11H2,1-2H3,(H,19,23)(H,20,25)(H,21,24). The van der Waals surface area contributed by atoms with Crippen molar-refractivity contribution in [3.05, 3.63) is 35.9 Å². The van der Waals surface area contributed by atoms with Gasteiger partial charge in [-0.2, -0.15) is 0 Å². The number of hydrogen-bond donors (Lipinski definition) is 4. The minimum Gasteiger partial charge on any atom is -0.347 e. The van der Waals surface area contributed by atoms with Gasteiger partial charge in [0.05, 0.1) is 19.6 Å². The van der Waals surface area contributed by atoms with E-state index in [0.29, 0.717) is 0 Å². The highest BCUT2D eigenvalue weighted by atomic mass is 16.2. The number of likely N-dealkylation sites (N-methyl/N-ethyl adjacent to an activating group) is 1. The lowest BCUT2D eigenvalue weighted by Gasteiger charge is -2.18. The van der Waals surface area contributed by atoms with Crippen LogP contribution in [0.3, 0.4) is 0 Å². The zero-order chi connectivity index (χ0) is 18.7. The number of ketones is 1. The van der Waals surface area contributed by atoms with Gasteiger partial charge in [0.25, 0.3) is 0 Å². The molecule has 136 valence electrons. The second-order valence-corrected chi connectivity index (χ2v) is 5.54. The lowest BCUT2D eigenvalue weighted by atomic mass is 10.1. The number of Topliss-reactive ketones (excluding diaryl/α,β-unsaturated/α-hetero) is 1. The number of rotatable bonds is 10. The first-order valence-electron chi connectivity index (χ1n) is 7.94. The number of nitrogens with one attached hydrogen (secondary N) is 4. The zero-order valence-corrected chi connectivity index (χ0v) is 14.4. The van der Waals surface area contributed by atoms with Gasteiger partial charge >= 0.3 is 0 Å². The zero-order valence-electron chi connectivity index (χ0n) is 14.4. The van der Waals surface area contributed by atoms with E-state index in [4.69, 9.17) is 0 Å². The van der Waals surface area contributed by atoms with Gasteiger partial charge in [0.15, 0.2) is 0 Å². The Morgan fingerprint density at radius 1 is 0.920 bits per heavy atom. The Hall–Kier alpha value is -2.74. The summed E-state index contributed by atoms with van der Waals surface area (Å²) >= 11 is 0. The summed E-state index contributed by atoms with van der Waals surface area (Å²) in [5.74, 6) is -1.44. The predicted molar refractivity (Wildman–Crippen MR) is 92.7 cm³/mol. The molecule has 8 heteroatoms. The number of benzene rings is 1. The maximum absolute atomic E-state index is 12.3. The first-order valence-corrected chi connectivity index (χ1v) is 7.94. The van der Waals surface area contributed by atoms with E-state index < -0.39 is 17.9 Å². The Morgan fingerprint density at radius 2 is 1.60 bits per heavy atom. The minimum absolute atomic E-state index is 0.0970. The maximum atomic E-state index is 12.3. The summed E-state index contributed by atoms with van der Waals surface area (Å²) < 4.78 is 0. The third kappa shape index (κ3) is 8.61. The summed E-state index contributed by atoms with van der Waals surface area (Å²) in [6.45, 7) is 1.13. The van der Waals surface area contributed by atoms with Gasteiger partial charge in [-0.1, -0.05) is 30.3 Å². The highest BCUT2D eigenvalue weighted by molar-refractivity contribution is 5.92. The SMILES string of the molecule is CNCC(=O)NCC(=O)NC(Cc1ccccc1)C(=O)NCC(C)=O. The molecular formula is C17H24N4O4. The first-order chi connectivity index (χ1) is 11.9. The highest BCUT2D eigenvalue weighted by Crippen LogP contribution is 2.03. The largest absolute Gasteiger partial charge is 0.347 e. The average molecular weight is 348 g/mol. The molecule has 1 aromatic carbocycles. The molecule has 0 aliphatic rings. The van der Waals surface area contributed by atoms with Crippen molar-refractivity contribution in [2.24, 2.45) is 0 Å². The monoisotopic (exact) mass is 348 g/mol. The van der Waals surface area contributed by atoms with Crippen LogP contribution in [0.4, 0.5) is 0 Å². The Bertz CT molecular complexity index is 604. The molecule has 0 fully saturated rings. The van der Waals surface area contributed by atoms with Crippen LogP contribution in [0.5, 0.6) is 0 Å². The molecule has 1 unspecified atom stereocenters. The van der Waals surface area contributed by atoms with Crippen LogP contribution in [0.15, 0.2) is 30.3 Å². The molecule has 4 N–H and O–H groups in total. The van der Waals surface area contributed by atoms with Gasteiger partial charge in [-0.25, -0.2) is 0 Å². The molecule has 0 aliphatic heterocycles. The molecule has 8 nitrogen and oxygen atoms in total. The van der Waals surface area contributed by atoms with Crippen LogP contribution in [0.2, 0.25) is 0 Å². The van der Waals surface area contributed by atoms with Crippen LogP contribution < -0.4 is 21.3 Å². The summed E-state index contributed by atoms with van der Waals surface area (Å²) in [4.78, 5) is 46.7. The maximum Gasteiger partial charge on any atom is 0.243 e. The van der Waals surface area contributed by atoms with Gasteiger partial charge in [-0.05, 0) is 19.5 Å². The summed E-state index contributed by atoms with van der Waals surface area (Å²) in [6, 6.07) is 8.36. The van der Waals surface area contributed by atoms with Crippen molar-refractivity contribution >= 4 is 23.5 Å².